The smallest absolute Gasteiger partial charge is 0.280 e. The third-order valence-corrected chi connectivity index (χ3v) is 5.41. The van der Waals surface area contributed by atoms with Gasteiger partial charge in [-0.1, -0.05) is 0 Å². The lowest BCUT2D eigenvalue weighted by Crippen LogP contribution is -2.61. The van der Waals surface area contributed by atoms with E-state index in [1.807, 2.05) is 11.8 Å². The summed E-state index contributed by atoms with van der Waals surface area (Å²) in [4.78, 5) is 23.3. The molecule has 2 aliphatic heterocycles. The number of morpholine rings is 1. The third-order valence-electron chi connectivity index (χ3n) is 5.41. The zero-order valence-corrected chi connectivity index (χ0v) is 16.4. The number of ether oxygens (including phenoxy) is 1. The number of hydrogen-bond acceptors (Lipinski definition) is 7. The van der Waals surface area contributed by atoms with Crippen LogP contribution in [-0.2, 0) is 9.53 Å². The van der Waals surface area contributed by atoms with E-state index in [2.05, 4.69) is 26.7 Å². The van der Waals surface area contributed by atoms with Crippen LogP contribution in [0, 0.1) is 11.3 Å². The number of alkyl halides is 2. The van der Waals surface area contributed by atoms with Crippen molar-refractivity contribution >= 4 is 22.6 Å². The van der Waals surface area contributed by atoms with Gasteiger partial charge in [0.2, 0.25) is 0 Å². The van der Waals surface area contributed by atoms with E-state index in [1.165, 1.54) is 6.20 Å². The molecule has 30 heavy (non-hydrogen) atoms. The lowest BCUT2D eigenvalue weighted by Gasteiger charge is -2.39. The topological polar surface area (TPSA) is 103 Å². The molecule has 1 unspecified atom stereocenters. The summed E-state index contributed by atoms with van der Waals surface area (Å²) < 4.78 is 33.9. The van der Waals surface area contributed by atoms with Crippen molar-refractivity contribution in [2.24, 2.45) is 0 Å². The van der Waals surface area contributed by atoms with Gasteiger partial charge in [-0.3, -0.25) is 14.8 Å². The standard InChI is InChI=1S/C20H22F2N6O2/c1-12-9-28(14-3-2-13(8-23)17-18(14)26-7-6-25-17)10-15(30-12)19(29)27-16-4-5-24-11-20(16,21)22/h2-3,6-7,12,15-16,24H,4-5,9-11H2,1H3,(H,27,29)/t12-,15-,16?/m1/s1. The number of nitrogens with zero attached hydrogens (tertiary/aromatic N) is 4. The van der Waals surface area contributed by atoms with Gasteiger partial charge in [-0.2, -0.15) is 5.26 Å². The van der Waals surface area contributed by atoms with E-state index >= 15 is 0 Å². The van der Waals surface area contributed by atoms with Crippen LogP contribution in [0.1, 0.15) is 18.9 Å². The molecular weight excluding hydrogens is 394 g/mol. The molecular formula is C20H22F2N6O2. The van der Waals surface area contributed by atoms with E-state index in [9.17, 15) is 18.8 Å². The minimum Gasteiger partial charge on any atom is -0.364 e. The largest absolute Gasteiger partial charge is 0.364 e. The molecule has 158 valence electrons. The monoisotopic (exact) mass is 416 g/mol. The Morgan fingerprint density at radius 3 is 2.83 bits per heavy atom. The molecule has 4 rings (SSSR count). The molecule has 8 nitrogen and oxygen atoms in total. The third kappa shape index (κ3) is 3.91. The number of carbonyl (C=O) groups is 1. The SMILES string of the molecule is C[C@@H]1CN(c2ccc(C#N)c3nccnc23)C[C@H](C(=O)NC2CCNCC2(F)F)O1. The highest BCUT2D eigenvalue weighted by molar-refractivity contribution is 5.92. The summed E-state index contributed by atoms with van der Waals surface area (Å²) in [6, 6.07) is 4.31. The summed E-state index contributed by atoms with van der Waals surface area (Å²) in [5.41, 5.74) is 2.16. The number of hydrogen-bond donors (Lipinski definition) is 2. The number of nitriles is 1. The Morgan fingerprint density at radius 2 is 2.10 bits per heavy atom. The average molecular weight is 416 g/mol. The number of nitrogens with one attached hydrogen (secondary N) is 2. The van der Waals surface area contributed by atoms with Crippen LogP contribution in [0.25, 0.3) is 11.0 Å². The zero-order chi connectivity index (χ0) is 21.3. The van der Waals surface area contributed by atoms with E-state index < -0.39 is 30.5 Å². The lowest BCUT2D eigenvalue weighted by molar-refractivity contribution is -0.142. The minimum absolute atomic E-state index is 0.153. The van der Waals surface area contributed by atoms with Crippen LogP contribution < -0.4 is 15.5 Å². The molecule has 10 heteroatoms. The molecule has 0 bridgehead atoms. The van der Waals surface area contributed by atoms with Crippen LogP contribution in [0.15, 0.2) is 24.5 Å². The van der Waals surface area contributed by atoms with Crippen LogP contribution in [0.3, 0.4) is 0 Å². The highest BCUT2D eigenvalue weighted by atomic mass is 19.3. The number of aromatic nitrogens is 2. The average Bonchev–Trinajstić information content (AvgIpc) is 2.73. The van der Waals surface area contributed by atoms with Crippen LogP contribution in [0.5, 0.6) is 0 Å². The van der Waals surface area contributed by atoms with E-state index in [-0.39, 0.29) is 19.1 Å². The number of rotatable bonds is 3. The summed E-state index contributed by atoms with van der Waals surface area (Å²) >= 11 is 0. The fourth-order valence-corrected chi connectivity index (χ4v) is 3.96. The summed E-state index contributed by atoms with van der Waals surface area (Å²) in [6.07, 6.45) is 2.01. The van der Waals surface area contributed by atoms with Gasteiger partial charge >= 0.3 is 0 Å². The molecule has 1 aromatic heterocycles. The Bertz CT molecular complexity index is 995. The highest BCUT2D eigenvalue weighted by Crippen LogP contribution is 2.29. The Morgan fingerprint density at radius 1 is 1.33 bits per heavy atom. The van der Waals surface area contributed by atoms with Crippen molar-refractivity contribution < 1.29 is 18.3 Å². The fraction of sp³-hybridized carbons (Fsp3) is 0.500. The molecule has 2 N–H and O–H groups in total. The van der Waals surface area contributed by atoms with Gasteiger partial charge in [0.15, 0.2) is 6.10 Å². The Hall–Kier alpha value is -2.90. The Kier molecular flexibility index (Phi) is 5.49. The molecule has 1 amide bonds. The number of fused-ring (bicyclic) bond motifs is 1. The van der Waals surface area contributed by atoms with Crippen molar-refractivity contribution in [1.82, 2.24) is 20.6 Å². The predicted molar refractivity (Wildman–Crippen MR) is 105 cm³/mol. The summed E-state index contributed by atoms with van der Waals surface area (Å²) in [7, 11) is 0. The molecule has 2 fully saturated rings. The van der Waals surface area contributed by atoms with Crippen molar-refractivity contribution in [1.29, 1.82) is 5.26 Å². The zero-order valence-electron chi connectivity index (χ0n) is 16.4. The number of piperidine rings is 1. The Labute approximate surface area is 172 Å². The number of carbonyl (C=O) groups excluding carboxylic acids is 1. The number of benzene rings is 1. The molecule has 0 spiro atoms. The second kappa shape index (κ2) is 8.08. The maximum atomic E-state index is 14.1. The second-order valence-electron chi connectivity index (χ2n) is 7.63. The van der Waals surface area contributed by atoms with Gasteiger partial charge in [0.05, 0.1) is 36.5 Å². The van der Waals surface area contributed by atoms with E-state index in [0.717, 1.165) is 5.69 Å². The first-order valence-corrected chi connectivity index (χ1v) is 9.82. The van der Waals surface area contributed by atoms with E-state index in [0.29, 0.717) is 29.7 Å². The van der Waals surface area contributed by atoms with Gasteiger partial charge in [-0.05, 0) is 32.0 Å². The first-order chi connectivity index (χ1) is 14.4. The van der Waals surface area contributed by atoms with Gasteiger partial charge < -0.3 is 20.3 Å². The van der Waals surface area contributed by atoms with Gasteiger partial charge in [-0.15, -0.1) is 0 Å². The van der Waals surface area contributed by atoms with Crippen molar-refractivity contribution in [3.63, 3.8) is 0 Å². The molecule has 3 heterocycles. The first-order valence-electron chi connectivity index (χ1n) is 9.82. The van der Waals surface area contributed by atoms with Crippen LogP contribution >= 0.6 is 0 Å². The first kappa shape index (κ1) is 20.4. The predicted octanol–water partition coefficient (Wildman–Crippen LogP) is 1.21. The molecule has 0 aliphatic carbocycles. The maximum Gasteiger partial charge on any atom is 0.280 e. The maximum absolute atomic E-state index is 14.1. The molecule has 2 saturated heterocycles. The number of halogens is 2. The molecule has 0 saturated carbocycles. The van der Waals surface area contributed by atoms with Gasteiger partial charge in [0, 0.05) is 18.9 Å². The van der Waals surface area contributed by atoms with Gasteiger partial charge in [-0.25, -0.2) is 8.78 Å². The van der Waals surface area contributed by atoms with Gasteiger partial charge in [0.25, 0.3) is 11.8 Å². The summed E-state index contributed by atoms with van der Waals surface area (Å²) in [5, 5.41) is 14.4. The van der Waals surface area contributed by atoms with Crippen molar-refractivity contribution in [2.45, 2.75) is 37.5 Å². The fourth-order valence-electron chi connectivity index (χ4n) is 3.96. The minimum atomic E-state index is -3.01. The number of anilines is 1. The highest BCUT2D eigenvalue weighted by Gasteiger charge is 2.44. The van der Waals surface area contributed by atoms with E-state index in [4.69, 9.17) is 4.74 Å². The molecule has 0 radical (unpaired) electrons. The quantitative estimate of drug-likeness (QED) is 0.775. The molecule has 1 aromatic carbocycles. The summed E-state index contributed by atoms with van der Waals surface area (Å²) in [5.74, 6) is -3.56. The van der Waals surface area contributed by atoms with Gasteiger partial charge in [0.1, 0.15) is 17.1 Å². The lowest BCUT2D eigenvalue weighted by atomic mass is 10.0. The molecule has 2 aliphatic rings. The van der Waals surface area contributed by atoms with Crippen molar-refractivity contribution in [3.8, 4) is 6.07 Å². The van der Waals surface area contributed by atoms with Crippen LogP contribution in [-0.4, -0.2) is 66.2 Å². The van der Waals surface area contributed by atoms with E-state index in [1.54, 1.807) is 18.3 Å². The molecule has 3 atom stereocenters. The van der Waals surface area contributed by atoms with Crippen LogP contribution in [0.4, 0.5) is 14.5 Å². The normalized spacial score (nSPS) is 26.2. The van der Waals surface area contributed by atoms with Crippen LogP contribution in [0.2, 0.25) is 0 Å². The summed E-state index contributed by atoms with van der Waals surface area (Å²) in [6.45, 7) is 2.46. The van der Waals surface area contributed by atoms with Crippen molar-refractivity contribution in [2.75, 3.05) is 31.1 Å². The number of amides is 1. The Balaban J connectivity index is 1.56. The second-order valence-corrected chi connectivity index (χ2v) is 7.63. The van der Waals surface area contributed by atoms with Crippen molar-refractivity contribution in [3.05, 3.63) is 30.1 Å². The molecule has 2 aromatic rings.